The van der Waals surface area contributed by atoms with Crippen molar-refractivity contribution >= 4 is 12.0 Å². The molecule has 0 spiro atoms. The number of urea groups is 1. The first-order chi connectivity index (χ1) is 10.1. The number of nitrogens with one attached hydrogen (secondary N) is 1. The predicted octanol–water partition coefficient (Wildman–Crippen LogP) is 1.58. The fourth-order valence-electron chi connectivity index (χ4n) is 3.17. The lowest BCUT2D eigenvalue weighted by molar-refractivity contribution is -0.141. The number of rotatable bonds is 8. The lowest BCUT2D eigenvalue weighted by Crippen LogP contribution is -2.52. The highest BCUT2D eigenvalue weighted by molar-refractivity contribution is 5.75. The van der Waals surface area contributed by atoms with Crippen LogP contribution >= 0.6 is 0 Å². The molecule has 0 heterocycles. The van der Waals surface area contributed by atoms with E-state index in [-0.39, 0.29) is 30.5 Å². The van der Waals surface area contributed by atoms with E-state index in [0.717, 1.165) is 38.5 Å². The van der Waals surface area contributed by atoms with Gasteiger partial charge in [-0.1, -0.05) is 6.42 Å². The molecular weight excluding hydrogens is 272 g/mol. The van der Waals surface area contributed by atoms with Crippen molar-refractivity contribution in [2.45, 2.75) is 57.4 Å². The van der Waals surface area contributed by atoms with Crippen molar-refractivity contribution in [1.82, 2.24) is 10.2 Å². The Balaban J connectivity index is 1.84. The van der Waals surface area contributed by atoms with E-state index in [0.29, 0.717) is 19.5 Å². The van der Waals surface area contributed by atoms with Gasteiger partial charge < -0.3 is 20.4 Å². The molecule has 2 rings (SSSR count). The summed E-state index contributed by atoms with van der Waals surface area (Å²) in [5, 5.41) is 20.9. The molecule has 0 radical (unpaired) electrons. The summed E-state index contributed by atoms with van der Waals surface area (Å²) in [6.45, 7) is 1.10. The topological polar surface area (TPSA) is 89.9 Å². The second-order valence-corrected chi connectivity index (χ2v) is 6.44. The van der Waals surface area contributed by atoms with Crippen LogP contribution in [0.5, 0.6) is 0 Å². The van der Waals surface area contributed by atoms with Gasteiger partial charge in [0.2, 0.25) is 0 Å². The van der Waals surface area contributed by atoms with E-state index in [4.69, 9.17) is 10.2 Å². The fourth-order valence-corrected chi connectivity index (χ4v) is 3.17. The third-order valence-electron chi connectivity index (χ3n) is 4.89. The van der Waals surface area contributed by atoms with Crippen molar-refractivity contribution < 1.29 is 19.8 Å². The van der Waals surface area contributed by atoms with Crippen LogP contribution in [-0.2, 0) is 4.79 Å². The molecule has 0 aromatic heterocycles. The molecule has 0 aromatic rings. The molecule has 2 amide bonds. The summed E-state index contributed by atoms with van der Waals surface area (Å²) >= 11 is 0. The average Bonchev–Trinajstić information content (AvgIpc) is 2.34. The Morgan fingerprint density at radius 2 is 1.95 bits per heavy atom. The number of carboxylic acid groups (broad SMARTS) is 1. The number of hydrogen-bond acceptors (Lipinski definition) is 3. The summed E-state index contributed by atoms with van der Waals surface area (Å²) in [4.78, 5) is 25.1. The van der Waals surface area contributed by atoms with E-state index >= 15 is 0 Å². The Kier molecular flexibility index (Phi) is 5.45. The average molecular weight is 298 g/mol. The van der Waals surface area contributed by atoms with Gasteiger partial charge in [-0.15, -0.1) is 0 Å². The van der Waals surface area contributed by atoms with Crippen LogP contribution in [-0.4, -0.2) is 52.9 Å². The number of nitrogens with zero attached hydrogens (tertiary/aromatic N) is 1. The highest BCUT2D eigenvalue weighted by atomic mass is 16.4. The highest BCUT2D eigenvalue weighted by Gasteiger charge is 2.40. The lowest BCUT2D eigenvalue weighted by Gasteiger charge is -2.42. The Morgan fingerprint density at radius 1 is 1.24 bits per heavy atom. The minimum absolute atomic E-state index is 0.0828. The van der Waals surface area contributed by atoms with E-state index in [1.807, 2.05) is 4.90 Å². The summed E-state index contributed by atoms with van der Waals surface area (Å²) in [7, 11) is 0. The first-order valence-corrected chi connectivity index (χ1v) is 7.93. The van der Waals surface area contributed by atoms with Crippen LogP contribution in [0.3, 0.4) is 0 Å². The first kappa shape index (κ1) is 16.1. The van der Waals surface area contributed by atoms with E-state index in [1.54, 1.807) is 0 Å². The van der Waals surface area contributed by atoms with Crippen molar-refractivity contribution in [3.8, 4) is 0 Å². The van der Waals surface area contributed by atoms with Gasteiger partial charge in [0.15, 0.2) is 0 Å². The smallest absolute Gasteiger partial charge is 0.317 e. The van der Waals surface area contributed by atoms with Gasteiger partial charge in [-0.3, -0.25) is 4.79 Å². The van der Waals surface area contributed by atoms with Crippen LogP contribution in [0, 0.1) is 5.41 Å². The highest BCUT2D eigenvalue weighted by Crippen LogP contribution is 2.43. The van der Waals surface area contributed by atoms with Crippen LogP contribution in [0.15, 0.2) is 0 Å². The standard InChI is InChI=1S/C15H26N2O4/c18-9-3-8-17(12-4-1-5-12)14(21)16-11-15(6-2-7-15)10-13(19)20/h12,18H,1-11H2,(H,16,21)(H,19,20). The largest absolute Gasteiger partial charge is 0.481 e. The molecule has 2 fully saturated rings. The van der Waals surface area contributed by atoms with E-state index < -0.39 is 5.97 Å². The maximum atomic E-state index is 12.3. The number of carboxylic acids is 1. The second-order valence-electron chi connectivity index (χ2n) is 6.44. The zero-order chi connectivity index (χ0) is 15.3. The van der Waals surface area contributed by atoms with Crippen molar-refractivity contribution in [2.75, 3.05) is 19.7 Å². The number of aliphatic carboxylic acids is 1. The molecule has 120 valence electrons. The number of aliphatic hydroxyl groups is 1. The van der Waals surface area contributed by atoms with E-state index in [1.165, 1.54) is 0 Å². The van der Waals surface area contributed by atoms with Gasteiger partial charge in [-0.25, -0.2) is 4.79 Å². The summed E-state index contributed by atoms with van der Waals surface area (Å²) in [5.41, 5.74) is -0.246. The third-order valence-corrected chi connectivity index (χ3v) is 4.89. The second kappa shape index (κ2) is 7.11. The normalized spacial score (nSPS) is 20.2. The third kappa shape index (κ3) is 4.09. The van der Waals surface area contributed by atoms with E-state index in [2.05, 4.69) is 5.32 Å². The van der Waals surface area contributed by atoms with Gasteiger partial charge in [0.25, 0.3) is 0 Å². The molecule has 2 saturated carbocycles. The lowest BCUT2D eigenvalue weighted by atomic mass is 9.66. The van der Waals surface area contributed by atoms with Crippen LogP contribution < -0.4 is 5.32 Å². The number of amides is 2. The Morgan fingerprint density at radius 3 is 2.38 bits per heavy atom. The molecule has 0 saturated heterocycles. The summed E-state index contributed by atoms with van der Waals surface area (Å²) in [6.07, 6.45) is 6.71. The molecule has 21 heavy (non-hydrogen) atoms. The quantitative estimate of drug-likeness (QED) is 0.634. The number of aliphatic hydroxyl groups excluding tert-OH is 1. The van der Waals surface area contributed by atoms with Crippen molar-refractivity contribution in [3.05, 3.63) is 0 Å². The van der Waals surface area contributed by atoms with Gasteiger partial charge in [0, 0.05) is 25.7 Å². The van der Waals surface area contributed by atoms with Gasteiger partial charge in [0.1, 0.15) is 0 Å². The monoisotopic (exact) mass is 298 g/mol. The Hall–Kier alpha value is -1.30. The van der Waals surface area contributed by atoms with Crippen LogP contribution in [0.4, 0.5) is 4.79 Å². The first-order valence-electron chi connectivity index (χ1n) is 7.93. The minimum atomic E-state index is -0.792. The number of carbonyl (C=O) groups is 2. The number of hydrogen-bond donors (Lipinski definition) is 3. The van der Waals surface area contributed by atoms with Gasteiger partial charge in [0.05, 0.1) is 6.42 Å². The molecule has 0 aromatic carbocycles. The van der Waals surface area contributed by atoms with Gasteiger partial charge >= 0.3 is 12.0 Å². The zero-order valence-corrected chi connectivity index (χ0v) is 12.5. The maximum absolute atomic E-state index is 12.3. The SMILES string of the molecule is O=C(O)CC1(CNC(=O)N(CCCO)C2CCC2)CCC1. The molecule has 2 aliphatic carbocycles. The molecular formula is C15H26N2O4. The summed E-state index contributed by atoms with van der Waals surface area (Å²) < 4.78 is 0. The van der Waals surface area contributed by atoms with Crippen LogP contribution in [0.2, 0.25) is 0 Å². The molecule has 3 N–H and O–H groups in total. The molecule has 6 heteroatoms. The summed E-state index contributed by atoms with van der Waals surface area (Å²) in [6, 6.07) is 0.179. The van der Waals surface area contributed by atoms with Gasteiger partial charge in [-0.05, 0) is 43.9 Å². The maximum Gasteiger partial charge on any atom is 0.317 e. The fraction of sp³-hybridized carbons (Fsp3) is 0.867. The van der Waals surface area contributed by atoms with Crippen molar-refractivity contribution in [1.29, 1.82) is 0 Å². The molecule has 6 nitrogen and oxygen atoms in total. The van der Waals surface area contributed by atoms with E-state index in [9.17, 15) is 9.59 Å². The molecule has 2 aliphatic rings. The Labute approximate surface area is 125 Å². The Bertz CT molecular complexity index is 378. The van der Waals surface area contributed by atoms with Gasteiger partial charge in [-0.2, -0.15) is 0 Å². The minimum Gasteiger partial charge on any atom is -0.481 e. The zero-order valence-electron chi connectivity index (χ0n) is 12.5. The molecule has 0 atom stereocenters. The number of carbonyl (C=O) groups excluding carboxylic acids is 1. The van der Waals surface area contributed by atoms with Crippen molar-refractivity contribution in [2.24, 2.45) is 5.41 Å². The van der Waals surface area contributed by atoms with Crippen LogP contribution in [0.1, 0.15) is 51.4 Å². The van der Waals surface area contributed by atoms with Crippen molar-refractivity contribution in [3.63, 3.8) is 0 Å². The molecule has 0 bridgehead atoms. The molecule has 0 aliphatic heterocycles. The predicted molar refractivity (Wildman–Crippen MR) is 78.0 cm³/mol. The van der Waals surface area contributed by atoms with Crippen LogP contribution in [0.25, 0.3) is 0 Å². The summed E-state index contributed by atoms with van der Waals surface area (Å²) in [5.74, 6) is -0.792. The molecule has 0 unspecified atom stereocenters.